The third-order valence-corrected chi connectivity index (χ3v) is 4.44. The second kappa shape index (κ2) is 5.68. The molecule has 0 saturated carbocycles. The summed E-state index contributed by atoms with van der Waals surface area (Å²) in [6, 6.07) is 5.80. The summed E-state index contributed by atoms with van der Waals surface area (Å²) in [6.07, 6.45) is 1.65. The number of hydroxylamine groups is 1. The molecule has 1 fully saturated rings. The lowest BCUT2D eigenvalue weighted by atomic mass is 10.1. The van der Waals surface area contributed by atoms with Gasteiger partial charge in [0.1, 0.15) is 0 Å². The molecule has 104 valence electrons. The van der Waals surface area contributed by atoms with Gasteiger partial charge in [0, 0.05) is 6.54 Å². The van der Waals surface area contributed by atoms with E-state index in [9.17, 15) is 13.2 Å². The van der Waals surface area contributed by atoms with Crippen LogP contribution in [-0.2, 0) is 20.6 Å². The molecule has 7 heteroatoms. The van der Waals surface area contributed by atoms with Gasteiger partial charge >= 0.3 is 5.97 Å². The largest absolute Gasteiger partial charge is 0.478 e. The third-order valence-electron chi connectivity index (χ3n) is 2.83. The fourth-order valence-electron chi connectivity index (χ4n) is 1.82. The standard InChI is InChI=1S/C12H15NO5S/c14-12(15)11-5-3-10(4-6-11)9-19(16,17)13-7-1-2-8-18-13/h3-6H,1-2,7-9H2,(H,14,15). The molecule has 1 aromatic carbocycles. The van der Waals surface area contributed by atoms with Gasteiger partial charge in [-0.15, -0.1) is 0 Å². The van der Waals surface area contributed by atoms with E-state index in [-0.39, 0.29) is 11.3 Å². The first kappa shape index (κ1) is 14.0. The van der Waals surface area contributed by atoms with Crippen molar-refractivity contribution in [1.82, 2.24) is 4.47 Å². The molecule has 0 spiro atoms. The van der Waals surface area contributed by atoms with Gasteiger partial charge in [0.05, 0.1) is 17.9 Å². The smallest absolute Gasteiger partial charge is 0.335 e. The highest BCUT2D eigenvalue weighted by Gasteiger charge is 2.25. The fourth-order valence-corrected chi connectivity index (χ4v) is 3.22. The average molecular weight is 285 g/mol. The molecule has 2 rings (SSSR count). The van der Waals surface area contributed by atoms with Crippen molar-refractivity contribution in [2.45, 2.75) is 18.6 Å². The number of carbonyl (C=O) groups is 1. The van der Waals surface area contributed by atoms with Crippen LogP contribution in [0.1, 0.15) is 28.8 Å². The van der Waals surface area contributed by atoms with E-state index >= 15 is 0 Å². The Morgan fingerprint density at radius 1 is 1.26 bits per heavy atom. The van der Waals surface area contributed by atoms with Crippen LogP contribution in [0.2, 0.25) is 0 Å². The van der Waals surface area contributed by atoms with E-state index in [1.54, 1.807) is 0 Å². The Bertz CT molecular complexity index is 546. The van der Waals surface area contributed by atoms with E-state index in [0.29, 0.717) is 18.7 Å². The number of rotatable bonds is 4. The molecule has 1 saturated heterocycles. The topological polar surface area (TPSA) is 83.9 Å². The van der Waals surface area contributed by atoms with Gasteiger partial charge < -0.3 is 5.11 Å². The molecule has 6 nitrogen and oxygen atoms in total. The molecular formula is C12H15NO5S. The fraction of sp³-hybridized carbons (Fsp3) is 0.417. The molecular weight excluding hydrogens is 270 g/mol. The molecule has 1 aromatic rings. The predicted molar refractivity (Wildman–Crippen MR) is 67.9 cm³/mol. The molecule has 0 aliphatic carbocycles. The van der Waals surface area contributed by atoms with Crippen LogP contribution in [-0.4, -0.2) is 37.1 Å². The second-order valence-corrected chi connectivity index (χ2v) is 6.18. The van der Waals surface area contributed by atoms with Crippen molar-refractivity contribution in [3.8, 4) is 0 Å². The van der Waals surface area contributed by atoms with E-state index in [1.807, 2.05) is 0 Å². The van der Waals surface area contributed by atoms with Gasteiger partial charge in [-0.25, -0.2) is 13.2 Å². The van der Waals surface area contributed by atoms with Crippen LogP contribution in [0.15, 0.2) is 24.3 Å². The van der Waals surface area contributed by atoms with E-state index in [1.165, 1.54) is 24.3 Å². The maximum atomic E-state index is 12.1. The van der Waals surface area contributed by atoms with E-state index in [0.717, 1.165) is 17.3 Å². The van der Waals surface area contributed by atoms with E-state index in [4.69, 9.17) is 9.94 Å². The lowest BCUT2D eigenvalue weighted by Gasteiger charge is -2.25. The van der Waals surface area contributed by atoms with Crippen LogP contribution in [0.3, 0.4) is 0 Å². The van der Waals surface area contributed by atoms with Crippen molar-refractivity contribution in [3.63, 3.8) is 0 Å². The highest BCUT2D eigenvalue weighted by atomic mass is 32.2. The lowest BCUT2D eigenvalue weighted by Crippen LogP contribution is -2.36. The van der Waals surface area contributed by atoms with Crippen LogP contribution >= 0.6 is 0 Å². The number of carboxylic acids is 1. The Labute approximate surface area is 111 Å². The molecule has 0 atom stereocenters. The summed E-state index contributed by atoms with van der Waals surface area (Å²) in [6.45, 7) is 0.784. The molecule has 0 bridgehead atoms. The van der Waals surface area contributed by atoms with E-state index < -0.39 is 16.0 Å². The summed E-state index contributed by atoms with van der Waals surface area (Å²) >= 11 is 0. The molecule has 0 unspecified atom stereocenters. The number of nitrogens with zero attached hydrogens (tertiary/aromatic N) is 1. The van der Waals surface area contributed by atoms with Crippen LogP contribution in [0.4, 0.5) is 0 Å². The first-order chi connectivity index (χ1) is 8.99. The highest BCUT2D eigenvalue weighted by molar-refractivity contribution is 7.88. The minimum atomic E-state index is -3.51. The van der Waals surface area contributed by atoms with Crippen molar-refractivity contribution in [1.29, 1.82) is 0 Å². The summed E-state index contributed by atoms with van der Waals surface area (Å²) in [7, 11) is -3.51. The van der Waals surface area contributed by atoms with Crippen LogP contribution in [0, 0.1) is 0 Å². The molecule has 1 aliphatic heterocycles. The SMILES string of the molecule is O=C(O)c1ccc(CS(=O)(=O)N2CCCCO2)cc1. The number of sulfonamides is 1. The molecule has 0 radical (unpaired) electrons. The average Bonchev–Trinajstić information content (AvgIpc) is 2.40. The summed E-state index contributed by atoms with van der Waals surface area (Å²) in [5.74, 6) is -1.22. The molecule has 0 aromatic heterocycles. The predicted octanol–water partition coefficient (Wildman–Crippen LogP) is 1.24. The van der Waals surface area contributed by atoms with Gasteiger partial charge in [-0.2, -0.15) is 0 Å². The van der Waals surface area contributed by atoms with Crippen molar-refractivity contribution in [2.24, 2.45) is 0 Å². The number of benzene rings is 1. The molecule has 1 N–H and O–H groups in total. The maximum absolute atomic E-state index is 12.1. The summed E-state index contributed by atoms with van der Waals surface area (Å²) < 4.78 is 25.1. The summed E-state index contributed by atoms with van der Waals surface area (Å²) in [4.78, 5) is 15.8. The number of hydrogen-bond donors (Lipinski definition) is 1. The van der Waals surface area contributed by atoms with Crippen molar-refractivity contribution < 1.29 is 23.2 Å². The zero-order chi connectivity index (χ0) is 13.9. The molecule has 1 aliphatic rings. The first-order valence-corrected chi connectivity index (χ1v) is 7.55. The summed E-state index contributed by atoms with van der Waals surface area (Å²) in [5, 5.41) is 8.77. The Balaban J connectivity index is 2.09. The van der Waals surface area contributed by atoms with Crippen LogP contribution in [0.5, 0.6) is 0 Å². The lowest BCUT2D eigenvalue weighted by molar-refractivity contribution is -0.109. The van der Waals surface area contributed by atoms with E-state index in [2.05, 4.69) is 0 Å². The Morgan fingerprint density at radius 2 is 1.95 bits per heavy atom. The number of hydrogen-bond acceptors (Lipinski definition) is 4. The zero-order valence-electron chi connectivity index (χ0n) is 10.3. The van der Waals surface area contributed by atoms with Gasteiger partial charge in [-0.3, -0.25) is 4.84 Å². The van der Waals surface area contributed by atoms with Crippen LogP contribution in [0.25, 0.3) is 0 Å². The Morgan fingerprint density at radius 3 is 2.47 bits per heavy atom. The zero-order valence-corrected chi connectivity index (χ0v) is 11.1. The minimum Gasteiger partial charge on any atom is -0.478 e. The molecule has 0 amide bonds. The number of carboxylic acid groups (broad SMARTS) is 1. The Hall–Kier alpha value is -1.44. The maximum Gasteiger partial charge on any atom is 0.335 e. The number of aromatic carboxylic acids is 1. The van der Waals surface area contributed by atoms with Gasteiger partial charge in [0.25, 0.3) is 0 Å². The quantitative estimate of drug-likeness (QED) is 0.899. The normalized spacial score (nSPS) is 17.3. The van der Waals surface area contributed by atoms with Gasteiger partial charge in [0.2, 0.25) is 10.0 Å². The second-order valence-electron chi connectivity index (χ2n) is 4.32. The van der Waals surface area contributed by atoms with Gasteiger partial charge in [-0.05, 0) is 30.5 Å². The summed E-state index contributed by atoms with van der Waals surface area (Å²) in [5.41, 5.74) is 0.676. The van der Waals surface area contributed by atoms with Gasteiger partial charge in [0.15, 0.2) is 0 Å². The third kappa shape index (κ3) is 3.52. The van der Waals surface area contributed by atoms with Crippen molar-refractivity contribution in [2.75, 3.05) is 13.2 Å². The first-order valence-electron chi connectivity index (χ1n) is 5.94. The Kier molecular flexibility index (Phi) is 4.18. The van der Waals surface area contributed by atoms with Crippen LogP contribution < -0.4 is 0 Å². The van der Waals surface area contributed by atoms with Crippen molar-refractivity contribution >= 4 is 16.0 Å². The van der Waals surface area contributed by atoms with Gasteiger partial charge in [-0.1, -0.05) is 16.6 Å². The monoisotopic (exact) mass is 285 g/mol. The highest BCUT2D eigenvalue weighted by Crippen LogP contribution is 2.16. The molecule has 1 heterocycles. The van der Waals surface area contributed by atoms with Crippen molar-refractivity contribution in [3.05, 3.63) is 35.4 Å². The minimum absolute atomic E-state index is 0.135. The molecule has 19 heavy (non-hydrogen) atoms.